The van der Waals surface area contributed by atoms with Crippen LogP contribution in [0.5, 0.6) is 11.5 Å². The van der Waals surface area contributed by atoms with E-state index in [9.17, 15) is 18.4 Å². The van der Waals surface area contributed by atoms with Gasteiger partial charge in [0.1, 0.15) is 0 Å². The second-order valence-electron chi connectivity index (χ2n) is 6.04. The zero-order valence-electron chi connectivity index (χ0n) is 14.5. The number of hydrogen-bond donors (Lipinski definition) is 2. The summed E-state index contributed by atoms with van der Waals surface area (Å²) in [6, 6.07) is 10.7. The molecule has 0 unspecified atom stereocenters. The summed E-state index contributed by atoms with van der Waals surface area (Å²) in [6.07, 6.45) is 1.80. The Bertz CT molecular complexity index is 853. The minimum atomic E-state index is -2.99. The van der Waals surface area contributed by atoms with Crippen molar-refractivity contribution < 1.29 is 27.8 Å². The van der Waals surface area contributed by atoms with Crippen molar-refractivity contribution in [2.75, 3.05) is 17.7 Å². The summed E-state index contributed by atoms with van der Waals surface area (Å²) in [5, 5.41) is 5.50. The highest BCUT2D eigenvalue weighted by molar-refractivity contribution is 6.05. The molecule has 0 aromatic heterocycles. The highest BCUT2D eigenvalue weighted by atomic mass is 19.3. The molecule has 0 atom stereocenters. The van der Waals surface area contributed by atoms with Gasteiger partial charge in [0.05, 0.1) is 7.11 Å². The first-order valence-electron chi connectivity index (χ1n) is 8.31. The van der Waals surface area contributed by atoms with Gasteiger partial charge in [0.2, 0.25) is 5.91 Å². The highest BCUT2D eigenvalue weighted by Gasteiger charge is 2.29. The normalized spacial score (nSPS) is 13.2. The third kappa shape index (κ3) is 4.93. The van der Waals surface area contributed by atoms with Gasteiger partial charge in [-0.1, -0.05) is 6.07 Å². The predicted octanol–water partition coefficient (Wildman–Crippen LogP) is 3.90. The standard InChI is InChI=1S/C19H18F2N2O4/c1-26-16-9-12(7-8-15(16)27-19(20)21)18(25)23-14-4-2-3-13(10-14)22-17(24)11-5-6-11/h2-4,7-11,19H,5-6H2,1H3,(H,22,24)(H,23,25). The zero-order valence-corrected chi connectivity index (χ0v) is 14.5. The molecule has 1 aliphatic rings. The Labute approximate surface area is 154 Å². The summed E-state index contributed by atoms with van der Waals surface area (Å²) in [4.78, 5) is 24.3. The van der Waals surface area contributed by atoms with E-state index in [1.165, 1.54) is 25.3 Å². The van der Waals surface area contributed by atoms with Gasteiger partial charge in [0.25, 0.3) is 5.91 Å². The van der Waals surface area contributed by atoms with Gasteiger partial charge in [-0.15, -0.1) is 0 Å². The van der Waals surface area contributed by atoms with E-state index >= 15 is 0 Å². The number of halogens is 2. The lowest BCUT2D eigenvalue weighted by Crippen LogP contribution is -2.15. The summed E-state index contributed by atoms with van der Waals surface area (Å²) in [7, 11) is 1.29. The van der Waals surface area contributed by atoms with Gasteiger partial charge >= 0.3 is 6.61 Å². The van der Waals surface area contributed by atoms with Crippen LogP contribution in [-0.4, -0.2) is 25.5 Å². The SMILES string of the molecule is COc1cc(C(=O)Nc2cccc(NC(=O)C3CC3)c2)ccc1OC(F)F. The van der Waals surface area contributed by atoms with E-state index in [-0.39, 0.29) is 28.9 Å². The van der Waals surface area contributed by atoms with Crippen molar-refractivity contribution in [3.05, 3.63) is 48.0 Å². The van der Waals surface area contributed by atoms with Gasteiger partial charge in [-0.3, -0.25) is 9.59 Å². The molecule has 3 rings (SSSR count). The number of rotatable bonds is 7. The molecule has 2 amide bonds. The average Bonchev–Trinajstić information content (AvgIpc) is 3.47. The van der Waals surface area contributed by atoms with E-state index < -0.39 is 12.5 Å². The molecular formula is C19H18F2N2O4. The minimum Gasteiger partial charge on any atom is -0.493 e. The summed E-state index contributed by atoms with van der Waals surface area (Å²) < 4.78 is 34.1. The molecular weight excluding hydrogens is 358 g/mol. The molecule has 2 N–H and O–H groups in total. The quantitative estimate of drug-likeness (QED) is 0.768. The number of carbonyl (C=O) groups excluding carboxylic acids is 2. The Hall–Kier alpha value is -3.16. The predicted molar refractivity (Wildman–Crippen MR) is 95.4 cm³/mol. The molecule has 142 valence electrons. The molecule has 0 heterocycles. The number of methoxy groups -OCH3 is 1. The van der Waals surface area contributed by atoms with Crippen LogP contribution in [0.2, 0.25) is 0 Å². The third-order valence-corrected chi connectivity index (χ3v) is 3.98. The lowest BCUT2D eigenvalue weighted by Gasteiger charge is -2.12. The largest absolute Gasteiger partial charge is 0.493 e. The first kappa shape index (κ1) is 18.6. The maximum absolute atomic E-state index is 12.4. The smallest absolute Gasteiger partial charge is 0.387 e. The average molecular weight is 376 g/mol. The molecule has 8 heteroatoms. The van der Waals surface area contributed by atoms with E-state index in [1.807, 2.05) is 0 Å². The maximum atomic E-state index is 12.4. The molecule has 6 nitrogen and oxygen atoms in total. The Morgan fingerprint density at radius 2 is 1.74 bits per heavy atom. The minimum absolute atomic E-state index is 0.0217. The van der Waals surface area contributed by atoms with Crippen LogP contribution in [0.25, 0.3) is 0 Å². The highest BCUT2D eigenvalue weighted by Crippen LogP contribution is 2.31. The molecule has 0 bridgehead atoms. The van der Waals surface area contributed by atoms with Crippen molar-refractivity contribution in [2.24, 2.45) is 5.92 Å². The summed E-state index contributed by atoms with van der Waals surface area (Å²) in [6.45, 7) is -2.99. The third-order valence-electron chi connectivity index (χ3n) is 3.98. The number of hydrogen-bond acceptors (Lipinski definition) is 4. The van der Waals surface area contributed by atoms with Crippen molar-refractivity contribution in [3.8, 4) is 11.5 Å². The topological polar surface area (TPSA) is 76.7 Å². The van der Waals surface area contributed by atoms with Crippen molar-refractivity contribution in [3.63, 3.8) is 0 Å². The summed E-state index contributed by atoms with van der Waals surface area (Å²) >= 11 is 0. The van der Waals surface area contributed by atoms with Crippen LogP contribution < -0.4 is 20.1 Å². The number of ether oxygens (including phenoxy) is 2. The first-order valence-corrected chi connectivity index (χ1v) is 8.31. The molecule has 0 saturated heterocycles. The van der Waals surface area contributed by atoms with E-state index in [0.717, 1.165) is 12.8 Å². The fraction of sp³-hybridized carbons (Fsp3) is 0.263. The van der Waals surface area contributed by atoms with Crippen molar-refractivity contribution >= 4 is 23.2 Å². The fourth-order valence-electron chi connectivity index (χ4n) is 2.47. The van der Waals surface area contributed by atoms with Gasteiger partial charge in [-0.05, 0) is 49.2 Å². The van der Waals surface area contributed by atoms with Crippen molar-refractivity contribution in [2.45, 2.75) is 19.5 Å². The van der Waals surface area contributed by atoms with Crippen LogP contribution in [0.3, 0.4) is 0 Å². The van der Waals surface area contributed by atoms with Crippen LogP contribution in [0.15, 0.2) is 42.5 Å². The number of carbonyl (C=O) groups is 2. The first-order chi connectivity index (χ1) is 13.0. The van der Waals surface area contributed by atoms with Gasteiger partial charge in [-0.25, -0.2) is 0 Å². The molecule has 1 fully saturated rings. The van der Waals surface area contributed by atoms with E-state index in [1.54, 1.807) is 24.3 Å². The van der Waals surface area contributed by atoms with Crippen molar-refractivity contribution in [1.82, 2.24) is 0 Å². The van der Waals surface area contributed by atoms with Gasteiger partial charge in [0, 0.05) is 22.9 Å². The van der Waals surface area contributed by atoms with Crippen LogP contribution in [0.4, 0.5) is 20.2 Å². The van der Waals surface area contributed by atoms with Crippen molar-refractivity contribution in [1.29, 1.82) is 0 Å². The Morgan fingerprint density at radius 1 is 1.04 bits per heavy atom. The number of alkyl halides is 2. The molecule has 0 spiro atoms. The van der Waals surface area contributed by atoms with Crippen LogP contribution >= 0.6 is 0 Å². The van der Waals surface area contributed by atoms with Crippen LogP contribution in [-0.2, 0) is 4.79 Å². The molecule has 0 aliphatic heterocycles. The fourth-order valence-corrected chi connectivity index (χ4v) is 2.47. The van der Waals surface area contributed by atoms with Gasteiger partial charge in [0.15, 0.2) is 11.5 Å². The molecule has 0 radical (unpaired) electrons. The molecule has 27 heavy (non-hydrogen) atoms. The lowest BCUT2D eigenvalue weighted by molar-refractivity contribution is -0.117. The lowest BCUT2D eigenvalue weighted by atomic mass is 10.1. The molecule has 1 saturated carbocycles. The Kier molecular flexibility index (Phi) is 5.54. The Morgan fingerprint density at radius 3 is 2.37 bits per heavy atom. The number of nitrogens with one attached hydrogen (secondary N) is 2. The van der Waals surface area contributed by atoms with Crippen LogP contribution in [0.1, 0.15) is 23.2 Å². The Balaban J connectivity index is 1.70. The second-order valence-corrected chi connectivity index (χ2v) is 6.04. The summed E-state index contributed by atoms with van der Waals surface area (Å²) in [5.41, 5.74) is 1.28. The number of anilines is 2. The number of benzene rings is 2. The summed E-state index contributed by atoms with van der Waals surface area (Å²) in [5.74, 6) is -0.549. The monoisotopic (exact) mass is 376 g/mol. The van der Waals surface area contributed by atoms with Gasteiger partial charge < -0.3 is 20.1 Å². The maximum Gasteiger partial charge on any atom is 0.387 e. The number of amides is 2. The van der Waals surface area contributed by atoms with E-state index in [0.29, 0.717) is 11.4 Å². The van der Waals surface area contributed by atoms with Gasteiger partial charge in [-0.2, -0.15) is 8.78 Å². The van der Waals surface area contributed by atoms with E-state index in [2.05, 4.69) is 15.4 Å². The molecule has 1 aliphatic carbocycles. The second kappa shape index (κ2) is 8.03. The molecule has 2 aromatic carbocycles. The van der Waals surface area contributed by atoms with Crippen LogP contribution in [0, 0.1) is 5.92 Å². The van der Waals surface area contributed by atoms with E-state index in [4.69, 9.17) is 4.74 Å². The zero-order chi connectivity index (χ0) is 19.4. The molecule has 2 aromatic rings.